The Balaban J connectivity index is 2.05. The van der Waals surface area contributed by atoms with Crippen molar-refractivity contribution in [3.63, 3.8) is 0 Å². The molecule has 2 atom stereocenters. The van der Waals surface area contributed by atoms with Gasteiger partial charge in [0.1, 0.15) is 11.9 Å². The summed E-state index contributed by atoms with van der Waals surface area (Å²) in [5, 5.41) is 3.53. The zero-order valence-corrected chi connectivity index (χ0v) is 12.7. The van der Waals surface area contributed by atoms with Crippen LogP contribution in [0.15, 0.2) is 18.2 Å². The minimum absolute atomic E-state index is 0.337. The van der Waals surface area contributed by atoms with Crippen LogP contribution in [-0.4, -0.2) is 18.7 Å². The molecule has 0 radical (unpaired) electrons. The third-order valence-electron chi connectivity index (χ3n) is 4.07. The first-order valence-electron chi connectivity index (χ1n) is 7.62. The molecule has 1 N–H and O–H groups in total. The molecule has 0 aliphatic heterocycles. The van der Waals surface area contributed by atoms with Crippen molar-refractivity contribution in [1.82, 2.24) is 5.32 Å². The molecule has 106 valence electrons. The normalized spacial score (nSPS) is 23.0. The van der Waals surface area contributed by atoms with Crippen molar-refractivity contribution in [2.75, 3.05) is 6.54 Å². The van der Waals surface area contributed by atoms with Crippen LogP contribution in [0.2, 0.25) is 0 Å². The highest BCUT2D eigenvalue weighted by atomic mass is 16.5. The molecule has 2 unspecified atom stereocenters. The molecule has 2 rings (SSSR count). The van der Waals surface area contributed by atoms with Crippen LogP contribution in [0.1, 0.15) is 57.1 Å². The summed E-state index contributed by atoms with van der Waals surface area (Å²) in [5.41, 5.74) is 2.76. The van der Waals surface area contributed by atoms with Gasteiger partial charge in [0.25, 0.3) is 0 Å². The largest absolute Gasteiger partial charge is 0.489 e. The van der Waals surface area contributed by atoms with E-state index in [1.54, 1.807) is 0 Å². The highest BCUT2D eigenvalue weighted by Crippen LogP contribution is 2.28. The molecule has 0 saturated heterocycles. The first-order valence-corrected chi connectivity index (χ1v) is 7.62. The summed E-state index contributed by atoms with van der Waals surface area (Å²) in [4.78, 5) is 0. The van der Waals surface area contributed by atoms with Crippen molar-refractivity contribution in [3.05, 3.63) is 29.3 Å². The van der Waals surface area contributed by atoms with Crippen LogP contribution < -0.4 is 10.1 Å². The highest BCUT2D eigenvalue weighted by Gasteiger charge is 2.28. The first kappa shape index (κ1) is 14.4. The second-order valence-corrected chi connectivity index (χ2v) is 5.92. The first-order chi connectivity index (χ1) is 9.11. The van der Waals surface area contributed by atoms with Gasteiger partial charge in [0, 0.05) is 6.04 Å². The molecule has 0 bridgehead atoms. The number of ether oxygens (including phenoxy) is 1. The molecule has 1 saturated carbocycles. The van der Waals surface area contributed by atoms with Gasteiger partial charge in [0.15, 0.2) is 0 Å². The number of nitrogens with one attached hydrogen (secondary N) is 1. The van der Waals surface area contributed by atoms with Gasteiger partial charge in [-0.3, -0.25) is 0 Å². The fraction of sp³-hybridized carbons (Fsp3) is 0.647. The average molecular weight is 261 g/mol. The number of benzene rings is 1. The van der Waals surface area contributed by atoms with Gasteiger partial charge >= 0.3 is 0 Å². The van der Waals surface area contributed by atoms with Crippen molar-refractivity contribution in [1.29, 1.82) is 0 Å². The Kier molecular flexibility index (Phi) is 4.87. The van der Waals surface area contributed by atoms with Crippen LogP contribution in [-0.2, 0) is 0 Å². The van der Waals surface area contributed by atoms with Gasteiger partial charge in [-0.2, -0.15) is 0 Å². The molecular weight excluding hydrogens is 234 g/mol. The third-order valence-corrected chi connectivity index (χ3v) is 4.07. The summed E-state index contributed by atoms with van der Waals surface area (Å²) in [6, 6.07) is 7.06. The molecule has 0 aromatic heterocycles. The lowest BCUT2D eigenvalue weighted by atomic mass is 9.98. The van der Waals surface area contributed by atoms with Crippen LogP contribution in [0.3, 0.4) is 0 Å². The topological polar surface area (TPSA) is 21.3 Å². The zero-order chi connectivity index (χ0) is 13.8. The summed E-state index contributed by atoms with van der Waals surface area (Å²) < 4.78 is 6.19. The van der Waals surface area contributed by atoms with E-state index in [1.165, 1.54) is 30.4 Å². The van der Waals surface area contributed by atoms with Gasteiger partial charge in [-0.05, 0) is 61.9 Å². The molecule has 0 heterocycles. The van der Waals surface area contributed by atoms with E-state index in [2.05, 4.69) is 51.2 Å². The van der Waals surface area contributed by atoms with Crippen molar-refractivity contribution in [2.24, 2.45) is 0 Å². The van der Waals surface area contributed by atoms with E-state index in [1.807, 2.05) is 0 Å². The number of aryl methyl sites for hydroxylation is 1. The molecule has 1 aliphatic carbocycles. The van der Waals surface area contributed by atoms with E-state index >= 15 is 0 Å². The Bertz CT molecular complexity index is 414. The Hall–Kier alpha value is -1.02. The van der Waals surface area contributed by atoms with Gasteiger partial charge in [-0.1, -0.05) is 26.8 Å². The molecule has 0 amide bonds. The fourth-order valence-corrected chi connectivity index (χ4v) is 3.11. The van der Waals surface area contributed by atoms with Gasteiger partial charge < -0.3 is 10.1 Å². The van der Waals surface area contributed by atoms with Crippen molar-refractivity contribution < 1.29 is 4.74 Å². The predicted molar refractivity (Wildman–Crippen MR) is 81.0 cm³/mol. The van der Waals surface area contributed by atoms with Crippen LogP contribution in [0, 0.1) is 6.92 Å². The third kappa shape index (κ3) is 3.50. The summed E-state index contributed by atoms with van der Waals surface area (Å²) in [6.45, 7) is 9.84. The zero-order valence-electron chi connectivity index (χ0n) is 12.7. The molecule has 2 heteroatoms. The maximum atomic E-state index is 6.19. The molecule has 19 heavy (non-hydrogen) atoms. The molecule has 1 aliphatic rings. The quantitative estimate of drug-likeness (QED) is 0.864. The van der Waals surface area contributed by atoms with Crippen LogP contribution >= 0.6 is 0 Å². The second-order valence-electron chi connectivity index (χ2n) is 5.92. The van der Waals surface area contributed by atoms with E-state index in [9.17, 15) is 0 Å². The van der Waals surface area contributed by atoms with E-state index in [-0.39, 0.29) is 0 Å². The average Bonchev–Trinajstić information content (AvgIpc) is 2.77. The minimum atomic E-state index is 0.337. The molecular formula is C17H27NO. The summed E-state index contributed by atoms with van der Waals surface area (Å²) >= 11 is 0. The second kappa shape index (κ2) is 6.42. The Morgan fingerprint density at radius 3 is 2.74 bits per heavy atom. The SMILES string of the molecule is CCNC1CCCC1Oc1ccc(C(C)C)c(C)c1. The van der Waals surface area contributed by atoms with Crippen LogP contribution in [0.25, 0.3) is 0 Å². The number of hydrogen-bond donors (Lipinski definition) is 1. The molecule has 2 nitrogen and oxygen atoms in total. The monoisotopic (exact) mass is 261 g/mol. The Morgan fingerprint density at radius 2 is 2.11 bits per heavy atom. The number of likely N-dealkylation sites (N-methyl/N-ethyl adjacent to an activating group) is 1. The lowest BCUT2D eigenvalue weighted by Crippen LogP contribution is -2.38. The van der Waals surface area contributed by atoms with Gasteiger partial charge in [-0.15, -0.1) is 0 Å². The summed E-state index contributed by atoms with van der Waals surface area (Å²) in [7, 11) is 0. The number of rotatable bonds is 5. The van der Waals surface area contributed by atoms with E-state index in [0.717, 1.165) is 12.3 Å². The van der Waals surface area contributed by atoms with Crippen molar-refractivity contribution in [2.45, 2.75) is 65.0 Å². The molecule has 0 spiro atoms. The van der Waals surface area contributed by atoms with Gasteiger partial charge in [0.05, 0.1) is 0 Å². The van der Waals surface area contributed by atoms with Crippen molar-refractivity contribution in [3.8, 4) is 5.75 Å². The summed E-state index contributed by atoms with van der Waals surface area (Å²) in [5.74, 6) is 1.60. The lowest BCUT2D eigenvalue weighted by Gasteiger charge is -2.22. The van der Waals surface area contributed by atoms with Crippen molar-refractivity contribution >= 4 is 0 Å². The lowest BCUT2D eigenvalue weighted by molar-refractivity contribution is 0.175. The standard InChI is InChI=1S/C17H27NO/c1-5-18-16-7-6-8-17(16)19-14-9-10-15(12(2)3)13(4)11-14/h9-12,16-18H,5-8H2,1-4H3. The molecule has 1 aromatic rings. The maximum Gasteiger partial charge on any atom is 0.120 e. The van der Waals surface area contributed by atoms with Gasteiger partial charge in [-0.25, -0.2) is 0 Å². The van der Waals surface area contributed by atoms with Crippen LogP contribution in [0.5, 0.6) is 5.75 Å². The summed E-state index contributed by atoms with van der Waals surface area (Å²) in [6.07, 6.45) is 4.01. The van der Waals surface area contributed by atoms with E-state index in [0.29, 0.717) is 18.1 Å². The maximum absolute atomic E-state index is 6.19. The molecule has 1 aromatic carbocycles. The van der Waals surface area contributed by atoms with Crippen LogP contribution in [0.4, 0.5) is 0 Å². The predicted octanol–water partition coefficient (Wildman–Crippen LogP) is 4.03. The van der Waals surface area contributed by atoms with E-state index in [4.69, 9.17) is 4.74 Å². The Labute approximate surface area is 117 Å². The Morgan fingerprint density at radius 1 is 1.32 bits per heavy atom. The minimum Gasteiger partial charge on any atom is -0.489 e. The number of hydrogen-bond acceptors (Lipinski definition) is 2. The van der Waals surface area contributed by atoms with Gasteiger partial charge in [0.2, 0.25) is 0 Å². The highest BCUT2D eigenvalue weighted by molar-refractivity contribution is 5.36. The molecule has 1 fully saturated rings. The fourth-order valence-electron chi connectivity index (χ4n) is 3.11. The van der Waals surface area contributed by atoms with E-state index < -0.39 is 0 Å². The smallest absolute Gasteiger partial charge is 0.120 e.